The number of rotatable bonds is 7. The number of carbonyl (C=O) groups is 1. The van der Waals surface area contributed by atoms with Crippen molar-refractivity contribution in [1.29, 1.82) is 0 Å². The number of anilines is 1. The van der Waals surface area contributed by atoms with E-state index >= 15 is 0 Å². The van der Waals surface area contributed by atoms with Crippen LogP contribution in [0.5, 0.6) is 5.75 Å². The fourth-order valence-electron chi connectivity index (χ4n) is 2.02. The molecule has 130 valence electrons. The second kappa shape index (κ2) is 7.79. The van der Waals surface area contributed by atoms with Gasteiger partial charge in [0.2, 0.25) is 11.1 Å². The first-order valence-corrected chi connectivity index (χ1v) is 8.43. The van der Waals surface area contributed by atoms with Gasteiger partial charge in [-0.15, -0.1) is 5.10 Å². The second-order valence-electron chi connectivity index (χ2n) is 5.04. The average Bonchev–Trinajstić information content (AvgIpc) is 3.24. The Bertz CT molecular complexity index is 845. The van der Waals surface area contributed by atoms with Crippen LogP contribution in [0, 0.1) is 6.92 Å². The van der Waals surface area contributed by atoms with Gasteiger partial charge in [-0.1, -0.05) is 16.9 Å². The van der Waals surface area contributed by atoms with Crippen LogP contribution in [0.2, 0.25) is 0 Å². The Morgan fingerprint density at radius 1 is 1.36 bits per heavy atom. The van der Waals surface area contributed by atoms with Gasteiger partial charge in [-0.25, -0.2) is 0 Å². The van der Waals surface area contributed by atoms with Gasteiger partial charge in [-0.2, -0.15) is 4.68 Å². The van der Waals surface area contributed by atoms with E-state index in [1.807, 2.05) is 24.3 Å². The Morgan fingerprint density at radius 3 is 2.84 bits per heavy atom. The summed E-state index contributed by atoms with van der Waals surface area (Å²) in [5.74, 6) is 2.19. The van der Waals surface area contributed by atoms with E-state index in [4.69, 9.17) is 9.26 Å². The van der Waals surface area contributed by atoms with Gasteiger partial charge in [-0.3, -0.25) is 4.79 Å². The van der Waals surface area contributed by atoms with Gasteiger partial charge in [0.15, 0.2) is 5.82 Å². The molecule has 0 aliphatic carbocycles. The largest absolute Gasteiger partial charge is 0.497 e. The summed E-state index contributed by atoms with van der Waals surface area (Å²) in [4.78, 5) is 11.9. The quantitative estimate of drug-likeness (QED) is 0.638. The third kappa shape index (κ3) is 4.35. The molecule has 0 saturated carbocycles. The lowest BCUT2D eigenvalue weighted by molar-refractivity contribution is -0.115. The highest BCUT2D eigenvalue weighted by molar-refractivity contribution is 7.99. The molecule has 3 rings (SSSR count). The number of benzene rings is 1. The van der Waals surface area contributed by atoms with Crippen molar-refractivity contribution in [3.05, 3.63) is 36.1 Å². The zero-order valence-electron chi connectivity index (χ0n) is 13.7. The van der Waals surface area contributed by atoms with Gasteiger partial charge in [0.05, 0.1) is 12.8 Å². The molecule has 0 spiro atoms. The van der Waals surface area contributed by atoms with Crippen LogP contribution in [-0.2, 0) is 4.79 Å². The molecule has 10 heteroatoms. The summed E-state index contributed by atoms with van der Waals surface area (Å²) < 4.78 is 11.7. The highest BCUT2D eigenvalue weighted by Crippen LogP contribution is 2.21. The molecule has 1 aromatic carbocycles. The van der Waals surface area contributed by atoms with Crippen molar-refractivity contribution in [3.63, 3.8) is 0 Å². The van der Waals surface area contributed by atoms with Crippen LogP contribution in [0.4, 0.5) is 5.82 Å². The normalized spacial score (nSPS) is 10.6. The van der Waals surface area contributed by atoms with Crippen LogP contribution >= 0.6 is 11.8 Å². The molecule has 0 aliphatic rings. The number of amides is 1. The number of nitrogens with one attached hydrogen (secondary N) is 1. The molecule has 9 nitrogen and oxygen atoms in total. The summed E-state index contributed by atoms with van der Waals surface area (Å²) in [6.45, 7) is 1.76. The lowest BCUT2D eigenvalue weighted by Gasteiger charge is -2.05. The molecular weight excluding hydrogens is 344 g/mol. The molecule has 0 radical (unpaired) electrons. The Balaban J connectivity index is 1.55. The summed E-state index contributed by atoms with van der Waals surface area (Å²) in [6, 6.07) is 9.05. The molecule has 1 N–H and O–H groups in total. The fraction of sp³-hybridized carbons (Fsp3) is 0.267. The zero-order valence-corrected chi connectivity index (χ0v) is 14.5. The summed E-state index contributed by atoms with van der Waals surface area (Å²) in [5.41, 5.74) is 0.816. The monoisotopic (exact) mass is 360 g/mol. The molecule has 1 amide bonds. The summed E-state index contributed by atoms with van der Waals surface area (Å²) in [6.07, 6.45) is 0.298. The van der Waals surface area contributed by atoms with Crippen LogP contribution in [0.15, 0.2) is 40.0 Å². The van der Waals surface area contributed by atoms with Gasteiger partial charge >= 0.3 is 0 Å². The number of nitrogens with zero attached hydrogens (tertiary/aromatic N) is 5. The van der Waals surface area contributed by atoms with E-state index in [1.54, 1.807) is 24.8 Å². The van der Waals surface area contributed by atoms with E-state index in [1.165, 1.54) is 11.8 Å². The summed E-state index contributed by atoms with van der Waals surface area (Å²) >= 11 is 1.39. The SMILES string of the molecule is COc1ccc(-n2nnnc2SCCC(=O)Nc2cc(C)on2)cc1. The van der Waals surface area contributed by atoms with E-state index in [2.05, 4.69) is 26.0 Å². The van der Waals surface area contributed by atoms with Crippen molar-refractivity contribution in [3.8, 4) is 11.4 Å². The maximum absolute atomic E-state index is 11.9. The first-order chi connectivity index (χ1) is 12.2. The maximum atomic E-state index is 11.9. The van der Waals surface area contributed by atoms with Crippen molar-refractivity contribution in [2.75, 3.05) is 18.2 Å². The molecule has 0 atom stereocenters. The van der Waals surface area contributed by atoms with Crippen molar-refractivity contribution >= 4 is 23.5 Å². The highest BCUT2D eigenvalue weighted by Gasteiger charge is 2.11. The Morgan fingerprint density at radius 2 is 2.16 bits per heavy atom. The number of carbonyl (C=O) groups excluding carboxylic acids is 1. The van der Waals surface area contributed by atoms with E-state index in [9.17, 15) is 4.79 Å². The lowest BCUT2D eigenvalue weighted by Crippen LogP contribution is -2.12. The van der Waals surface area contributed by atoms with E-state index in [0.717, 1.165) is 11.4 Å². The van der Waals surface area contributed by atoms with Gasteiger partial charge in [0, 0.05) is 18.2 Å². The van der Waals surface area contributed by atoms with E-state index in [0.29, 0.717) is 28.9 Å². The van der Waals surface area contributed by atoms with Crippen LogP contribution < -0.4 is 10.1 Å². The minimum absolute atomic E-state index is 0.149. The van der Waals surface area contributed by atoms with E-state index in [-0.39, 0.29) is 5.91 Å². The molecule has 0 bridgehead atoms. The number of hydrogen-bond donors (Lipinski definition) is 1. The predicted octanol–water partition coefficient (Wildman–Crippen LogP) is 2.09. The standard InChI is InChI=1S/C15H16N6O3S/c1-10-9-13(18-24-10)16-14(22)7-8-25-15-17-19-20-21(15)11-3-5-12(23-2)6-4-11/h3-6,9H,7-8H2,1-2H3,(H,16,18,22). The van der Waals surface area contributed by atoms with Crippen molar-refractivity contribution in [2.24, 2.45) is 0 Å². The zero-order chi connectivity index (χ0) is 17.6. The molecule has 0 aliphatic heterocycles. The maximum Gasteiger partial charge on any atom is 0.226 e. The van der Waals surface area contributed by atoms with Crippen LogP contribution in [0.25, 0.3) is 5.69 Å². The number of methoxy groups -OCH3 is 1. The highest BCUT2D eigenvalue weighted by atomic mass is 32.2. The number of aryl methyl sites for hydroxylation is 1. The molecule has 25 heavy (non-hydrogen) atoms. The van der Waals surface area contributed by atoms with Crippen molar-refractivity contribution < 1.29 is 14.1 Å². The van der Waals surface area contributed by atoms with Crippen molar-refractivity contribution in [2.45, 2.75) is 18.5 Å². The number of tetrazole rings is 1. The van der Waals surface area contributed by atoms with Gasteiger partial charge in [0.25, 0.3) is 0 Å². The smallest absolute Gasteiger partial charge is 0.226 e. The summed E-state index contributed by atoms with van der Waals surface area (Å²) in [5, 5.41) is 18.7. The lowest BCUT2D eigenvalue weighted by atomic mass is 10.3. The predicted molar refractivity (Wildman–Crippen MR) is 90.9 cm³/mol. The van der Waals surface area contributed by atoms with Gasteiger partial charge in [-0.05, 0) is 41.6 Å². The molecule has 2 aromatic heterocycles. The second-order valence-corrected chi connectivity index (χ2v) is 6.10. The number of hydrogen-bond acceptors (Lipinski definition) is 8. The Hall–Kier alpha value is -2.88. The van der Waals surface area contributed by atoms with Gasteiger partial charge < -0.3 is 14.6 Å². The molecule has 2 heterocycles. The molecule has 0 fully saturated rings. The molecule has 3 aromatic rings. The molecular formula is C15H16N6O3S. The minimum Gasteiger partial charge on any atom is -0.497 e. The Kier molecular flexibility index (Phi) is 5.29. The minimum atomic E-state index is -0.149. The third-order valence-electron chi connectivity index (χ3n) is 3.21. The molecule has 0 saturated heterocycles. The van der Waals surface area contributed by atoms with Crippen molar-refractivity contribution in [1.82, 2.24) is 25.4 Å². The molecule has 0 unspecified atom stereocenters. The first-order valence-electron chi connectivity index (χ1n) is 7.44. The van der Waals surface area contributed by atoms with Crippen LogP contribution in [-0.4, -0.2) is 44.1 Å². The first kappa shape index (κ1) is 17.0. The Labute approximate surface area is 147 Å². The topological polar surface area (TPSA) is 108 Å². The number of aromatic nitrogens is 5. The van der Waals surface area contributed by atoms with E-state index < -0.39 is 0 Å². The summed E-state index contributed by atoms with van der Waals surface area (Å²) in [7, 11) is 1.61. The fourth-order valence-corrected chi connectivity index (χ4v) is 2.85. The van der Waals surface area contributed by atoms with Crippen LogP contribution in [0.1, 0.15) is 12.2 Å². The third-order valence-corrected chi connectivity index (χ3v) is 4.13. The van der Waals surface area contributed by atoms with Gasteiger partial charge in [0.1, 0.15) is 11.5 Å². The van der Waals surface area contributed by atoms with Crippen LogP contribution in [0.3, 0.4) is 0 Å². The number of thioether (sulfide) groups is 1. The average molecular weight is 360 g/mol. The number of ether oxygens (including phenoxy) is 1.